The lowest BCUT2D eigenvalue weighted by Crippen LogP contribution is -2.31. The van der Waals surface area contributed by atoms with Crippen molar-refractivity contribution in [2.24, 2.45) is 0 Å². The highest BCUT2D eigenvalue weighted by Gasteiger charge is 2.15. The fourth-order valence-electron chi connectivity index (χ4n) is 3.67. The molecular formula is C25H27N5O2. The Labute approximate surface area is 186 Å². The van der Waals surface area contributed by atoms with Gasteiger partial charge in [-0.3, -0.25) is 9.59 Å². The Bertz CT molecular complexity index is 1320. The van der Waals surface area contributed by atoms with Crippen LogP contribution in [0.3, 0.4) is 0 Å². The number of hydrogen-bond acceptors (Lipinski definition) is 4. The third kappa shape index (κ3) is 4.27. The maximum absolute atomic E-state index is 13.1. The number of nitrogens with one attached hydrogen (secondary N) is 1. The zero-order valence-corrected chi connectivity index (χ0v) is 18.8. The molecule has 7 nitrogen and oxygen atoms in total. The summed E-state index contributed by atoms with van der Waals surface area (Å²) in [5, 5.41) is 7.98. The summed E-state index contributed by atoms with van der Waals surface area (Å²) >= 11 is 0. The first-order valence-corrected chi connectivity index (χ1v) is 10.5. The first-order valence-electron chi connectivity index (χ1n) is 10.5. The highest BCUT2D eigenvalue weighted by atomic mass is 16.2. The first-order chi connectivity index (χ1) is 15.3. The van der Waals surface area contributed by atoms with Gasteiger partial charge in [-0.05, 0) is 49.7 Å². The van der Waals surface area contributed by atoms with E-state index in [-0.39, 0.29) is 18.0 Å². The van der Waals surface area contributed by atoms with Crippen LogP contribution < -0.4 is 15.8 Å². The van der Waals surface area contributed by atoms with Crippen LogP contribution in [0.2, 0.25) is 0 Å². The monoisotopic (exact) mass is 429 g/mol. The Kier molecular flexibility index (Phi) is 5.81. The lowest BCUT2D eigenvalue weighted by Gasteiger charge is -2.13. The second kappa shape index (κ2) is 8.70. The normalized spacial score (nSPS) is 11.0. The van der Waals surface area contributed by atoms with Crippen molar-refractivity contribution in [1.29, 1.82) is 0 Å². The fourth-order valence-corrected chi connectivity index (χ4v) is 3.67. The van der Waals surface area contributed by atoms with Crippen LogP contribution >= 0.6 is 0 Å². The molecule has 1 N–H and O–H groups in total. The minimum atomic E-state index is -0.219. The van der Waals surface area contributed by atoms with E-state index in [1.807, 2.05) is 87.4 Å². The first kappa shape index (κ1) is 21.4. The van der Waals surface area contributed by atoms with E-state index in [2.05, 4.69) is 10.4 Å². The largest absolute Gasteiger partial charge is 0.378 e. The van der Waals surface area contributed by atoms with E-state index >= 15 is 0 Å². The number of carbonyl (C=O) groups is 1. The smallest absolute Gasteiger partial charge is 0.262 e. The van der Waals surface area contributed by atoms with E-state index in [1.165, 1.54) is 4.57 Å². The SMILES string of the molecule is Cc1ccc(-n2nc(C)c3c(=O)n(CC(=O)NCc4ccc(N(C)C)cc4)ccc32)cc1. The van der Waals surface area contributed by atoms with Gasteiger partial charge in [0.1, 0.15) is 6.54 Å². The van der Waals surface area contributed by atoms with Crippen molar-refractivity contribution in [3.05, 3.63) is 88.0 Å². The summed E-state index contributed by atoms with van der Waals surface area (Å²) in [4.78, 5) is 27.6. The molecule has 2 heterocycles. The van der Waals surface area contributed by atoms with Gasteiger partial charge in [0.25, 0.3) is 5.56 Å². The fraction of sp³-hybridized carbons (Fsp3) is 0.240. The van der Waals surface area contributed by atoms with Crippen LogP contribution in [0.5, 0.6) is 0 Å². The minimum Gasteiger partial charge on any atom is -0.378 e. The van der Waals surface area contributed by atoms with E-state index in [0.29, 0.717) is 17.6 Å². The molecule has 4 aromatic rings. The topological polar surface area (TPSA) is 72.2 Å². The van der Waals surface area contributed by atoms with Crippen molar-refractivity contribution in [3.8, 4) is 5.69 Å². The van der Waals surface area contributed by atoms with Gasteiger partial charge >= 0.3 is 0 Å². The van der Waals surface area contributed by atoms with Crippen LogP contribution in [0.4, 0.5) is 5.69 Å². The van der Waals surface area contributed by atoms with Gasteiger partial charge in [-0.1, -0.05) is 29.8 Å². The third-order valence-corrected chi connectivity index (χ3v) is 5.52. The molecular weight excluding hydrogens is 402 g/mol. The summed E-state index contributed by atoms with van der Waals surface area (Å²) in [6.45, 7) is 4.21. The number of pyridine rings is 1. The number of carbonyl (C=O) groups excluding carboxylic acids is 1. The summed E-state index contributed by atoms with van der Waals surface area (Å²) < 4.78 is 3.20. The zero-order valence-electron chi connectivity index (χ0n) is 18.8. The second-order valence-corrected chi connectivity index (χ2v) is 8.18. The molecule has 0 saturated heterocycles. The van der Waals surface area contributed by atoms with Crippen molar-refractivity contribution in [1.82, 2.24) is 19.7 Å². The summed E-state index contributed by atoms with van der Waals surface area (Å²) in [6, 6.07) is 17.8. The number of aryl methyl sites for hydroxylation is 2. The highest BCUT2D eigenvalue weighted by Crippen LogP contribution is 2.19. The summed E-state index contributed by atoms with van der Waals surface area (Å²) in [6.07, 6.45) is 1.65. The number of hydrogen-bond donors (Lipinski definition) is 1. The van der Waals surface area contributed by atoms with Gasteiger partial charge < -0.3 is 14.8 Å². The Hall–Kier alpha value is -3.87. The van der Waals surface area contributed by atoms with Crippen LogP contribution in [0, 0.1) is 13.8 Å². The summed E-state index contributed by atoms with van der Waals surface area (Å²) in [5.74, 6) is -0.216. The van der Waals surface area contributed by atoms with E-state index in [0.717, 1.165) is 28.0 Å². The van der Waals surface area contributed by atoms with Gasteiger partial charge in [0.05, 0.1) is 22.3 Å². The van der Waals surface area contributed by atoms with Gasteiger partial charge in [-0.2, -0.15) is 5.10 Å². The second-order valence-electron chi connectivity index (χ2n) is 8.18. The summed E-state index contributed by atoms with van der Waals surface area (Å²) in [7, 11) is 3.97. The van der Waals surface area contributed by atoms with Crippen LogP contribution in [0.15, 0.2) is 65.6 Å². The molecule has 7 heteroatoms. The molecule has 2 aromatic carbocycles. The van der Waals surface area contributed by atoms with Gasteiger partial charge in [-0.15, -0.1) is 0 Å². The van der Waals surface area contributed by atoms with E-state index < -0.39 is 0 Å². The van der Waals surface area contributed by atoms with E-state index in [1.54, 1.807) is 10.9 Å². The van der Waals surface area contributed by atoms with E-state index in [4.69, 9.17) is 0 Å². The molecule has 0 aliphatic heterocycles. The van der Waals surface area contributed by atoms with Crippen molar-refractivity contribution in [3.63, 3.8) is 0 Å². The number of anilines is 1. The molecule has 0 aliphatic carbocycles. The molecule has 164 valence electrons. The van der Waals surface area contributed by atoms with Gasteiger partial charge in [0, 0.05) is 32.5 Å². The van der Waals surface area contributed by atoms with Crippen molar-refractivity contribution < 1.29 is 4.79 Å². The maximum atomic E-state index is 13.1. The molecule has 0 aliphatic rings. The molecule has 4 rings (SSSR count). The maximum Gasteiger partial charge on any atom is 0.262 e. The summed E-state index contributed by atoms with van der Waals surface area (Å²) in [5.41, 5.74) is 5.30. The Morgan fingerprint density at radius 3 is 2.34 bits per heavy atom. The number of fused-ring (bicyclic) bond motifs is 1. The van der Waals surface area contributed by atoms with Crippen LogP contribution in [0.1, 0.15) is 16.8 Å². The van der Waals surface area contributed by atoms with Gasteiger partial charge in [0.2, 0.25) is 5.91 Å². The van der Waals surface area contributed by atoms with Crippen molar-refractivity contribution in [2.45, 2.75) is 26.9 Å². The van der Waals surface area contributed by atoms with Crippen LogP contribution in [0.25, 0.3) is 16.6 Å². The van der Waals surface area contributed by atoms with Crippen LogP contribution in [-0.4, -0.2) is 34.4 Å². The van der Waals surface area contributed by atoms with Crippen molar-refractivity contribution >= 4 is 22.5 Å². The third-order valence-electron chi connectivity index (χ3n) is 5.52. The molecule has 1 amide bonds. The molecule has 2 aromatic heterocycles. The number of amides is 1. The predicted molar refractivity (Wildman–Crippen MR) is 127 cm³/mol. The Morgan fingerprint density at radius 1 is 1.00 bits per heavy atom. The quantitative estimate of drug-likeness (QED) is 0.511. The Balaban J connectivity index is 1.51. The van der Waals surface area contributed by atoms with Crippen molar-refractivity contribution in [2.75, 3.05) is 19.0 Å². The highest BCUT2D eigenvalue weighted by molar-refractivity contribution is 5.83. The number of aromatic nitrogens is 3. The van der Waals surface area contributed by atoms with Gasteiger partial charge in [-0.25, -0.2) is 4.68 Å². The average Bonchev–Trinajstić information content (AvgIpc) is 3.12. The predicted octanol–water partition coefficient (Wildman–Crippen LogP) is 3.19. The van der Waals surface area contributed by atoms with E-state index in [9.17, 15) is 9.59 Å². The zero-order chi connectivity index (χ0) is 22.8. The molecule has 0 unspecified atom stereocenters. The molecule has 0 atom stereocenters. The standard InChI is InChI=1S/C25H27N5O2/c1-17-5-9-21(10-6-17)30-22-13-14-29(25(32)24(22)18(2)27-30)16-23(31)26-15-19-7-11-20(12-8-19)28(3)4/h5-14H,15-16H2,1-4H3,(H,26,31). The number of nitrogens with zero attached hydrogens (tertiary/aromatic N) is 4. The molecule has 0 bridgehead atoms. The molecule has 0 radical (unpaired) electrons. The van der Waals surface area contributed by atoms with Gasteiger partial charge in [0.15, 0.2) is 0 Å². The van der Waals surface area contributed by atoms with Crippen LogP contribution in [-0.2, 0) is 17.9 Å². The lowest BCUT2D eigenvalue weighted by molar-refractivity contribution is -0.121. The average molecular weight is 430 g/mol. The molecule has 0 spiro atoms. The number of rotatable bonds is 6. The lowest BCUT2D eigenvalue weighted by atomic mass is 10.2. The number of benzene rings is 2. The molecule has 0 fully saturated rings. The molecule has 0 saturated carbocycles. The molecule has 32 heavy (non-hydrogen) atoms. The Morgan fingerprint density at radius 2 is 1.69 bits per heavy atom. The minimum absolute atomic E-state index is 0.0420.